The van der Waals surface area contributed by atoms with Crippen LogP contribution in [-0.4, -0.2) is 67.1 Å². The summed E-state index contributed by atoms with van der Waals surface area (Å²) in [5.74, 6) is -0.400. The Balaban J connectivity index is 2.08. The van der Waals surface area contributed by atoms with E-state index >= 15 is 0 Å². The summed E-state index contributed by atoms with van der Waals surface area (Å²) in [4.78, 5) is 33.4. The first-order valence-electron chi connectivity index (χ1n) is 11.2. The average Bonchev–Trinajstić information content (AvgIpc) is 2.76. The Morgan fingerprint density at radius 1 is 1.13 bits per heavy atom. The largest absolute Gasteiger partial charge is 0.480 e. The van der Waals surface area contributed by atoms with Crippen molar-refractivity contribution in [1.82, 2.24) is 16.0 Å². The molecule has 0 aromatic heterocycles. The maximum atomic E-state index is 12.8. The molecule has 0 aromatic rings. The quantitative estimate of drug-likeness (QED) is 0.111. The van der Waals surface area contributed by atoms with E-state index in [0.717, 1.165) is 38.6 Å². The molecule has 1 saturated carbocycles. The van der Waals surface area contributed by atoms with Gasteiger partial charge in [0, 0.05) is 0 Å². The molecule has 1 amide bonds. The lowest BCUT2D eigenvalue weighted by atomic mass is 9.84. The molecular formula is C20H37N7O4. The van der Waals surface area contributed by atoms with Gasteiger partial charge in [-0.2, -0.15) is 0 Å². The number of hydrogen-bond donors (Lipinski definition) is 6. The predicted molar refractivity (Wildman–Crippen MR) is 118 cm³/mol. The lowest BCUT2D eigenvalue weighted by Crippen LogP contribution is -2.55. The van der Waals surface area contributed by atoms with Crippen LogP contribution in [0.25, 0.3) is 0 Å². The summed E-state index contributed by atoms with van der Waals surface area (Å²) in [6.07, 6.45) is 9.48. The molecule has 0 aromatic carbocycles. The fourth-order valence-electron chi connectivity index (χ4n) is 4.12. The smallest absolute Gasteiger partial charge is 0.322 e. The number of nitrogens with one attached hydrogen (secondary N) is 3. The van der Waals surface area contributed by atoms with Crippen molar-refractivity contribution in [1.29, 1.82) is 0 Å². The summed E-state index contributed by atoms with van der Waals surface area (Å²) in [7, 11) is 0. The summed E-state index contributed by atoms with van der Waals surface area (Å²) in [5, 5.41) is 21.7. The summed E-state index contributed by atoms with van der Waals surface area (Å²) >= 11 is 0. The van der Waals surface area contributed by atoms with E-state index in [1.807, 2.05) is 0 Å². The van der Waals surface area contributed by atoms with E-state index in [1.165, 1.54) is 19.3 Å². The van der Waals surface area contributed by atoms with Crippen LogP contribution in [0.15, 0.2) is 10.1 Å². The zero-order chi connectivity index (χ0) is 22.5. The molecule has 1 aliphatic heterocycles. The van der Waals surface area contributed by atoms with Gasteiger partial charge in [-0.1, -0.05) is 38.5 Å². The van der Waals surface area contributed by atoms with Crippen molar-refractivity contribution in [3.05, 3.63) is 0 Å². The van der Waals surface area contributed by atoms with Gasteiger partial charge in [-0.3, -0.25) is 14.6 Å². The van der Waals surface area contributed by atoms with Crippen molar-refractivity contribution in [3.63, 3.8) is 0 Å². The van der Waals surface area contributed by atoms with Crippen molar-refractivity contribution in [3.8, 4) is 0 Å². The van der Waals surface area contributed by atoms with Gasteiger partial charge in [0.05, 0.1) is 12.6 Å². The van der Waals surface area contributed by atoms with E-state index in [-0.39, 0.29) is 24.5 Å². The second-order valence-corrected chi connectivity index (χ2v) is 8.17. The van der Waals surface area contributed by atoms with Crippen molar-refractivity contribution in [2.45, 2.75) is 69.9 Å². The Morgan fingerprint density at radius 3 is 2.52 bits per heavy atom. The monoisotopic (exact) mass is 439 g/mol. The standard InChI is InChI=1S/C20H37N7O4/c21-20(22)27-31-11-10-24-18(15-8-4-5-9-23-15)26-16(19(30)25-13-17(28)29)12-14-6-2-1-3-7-14/h14-16,23H,1-13H2,(H,24,26)(H,25,30)(H,28,29)(H4,21,22,27)/t15-,16+/m0/s1. The minimum absolute atomic E-state index is 0.0120. The highest BCUT2D eigenvalue weighted by Gasteiger charge is 2.28. The van der Waals surface area contributed by atoms with E-state index in [2.05, 4.69) is 26.1 Å². The molecule has 0 radical (unpaired) electrons. The second-order valence-electron chi connectivity index (χ2n) is 8.17. The number of carbonyl (C=O) groups excluding carboxylic acids is 1. The van der Waals surface area contributed by atoms with Gasteiger partial charge in [0.1, 0.15) is 25.0 Å². The van der Waals surface area contributed by atoms with Crippen LogP contribution in [0.4, 0.5) is 0 Å². The Labute approximate surface area is 183 Å². The number of oxime groups is 1. The molecule has 1 saturated heterocycles. The topological polar surface area (TPSA) is 176 Å². The van der Waals surface area contributed by atoms with E-state index in [9.17, 15) is 9.59 Å². The Hall–Kier alpha value is -2.56. The number of aliphatic carboxylic acids is 1. The first-order valence-corrected chi connectivity index (χ1v) is 11.2. The summed E-state index contributed by atoms with van der Waals surface area (Å²) in [5.41, 5.74) is 10.5. The third-order valence-corrected chi connectivity index (χ3v) is 5.62. The molecule has 2 rings (SSSR count). The maximum absolute atomic E-state index is 12.8. The van der Waals surface area contributed by atoms with Crippen molar-refractivity contribution in [2.75, 3.05) is 26.2 Å². The molecule has 8 N–H and O–H groups in total. The number of piperidine rings is 1. The minimum atomic E-state index is -1.07. The number of carboxylic acids is 1. The van der Waals surface area contributed by atoms with E-state index in [1.54, 1.807) is 0 Å². The number of rotatable bonds is 11. The molecule has 0 unspecified atom stereocenters. The molecule has 2 atom stereocenters. The van der Waals surface area contributed by atoms with Crippen LogP contribution in [-0.2, 0) is 14.4 Å². The third-order valence-electron chi connectivity index (χ3n) is 5.62. The zero-order valence-corrected chi connectivity index (χ0v) is 18.1. The molecule has 11 nitrogen and oxygen atoms in total. The van der Waals surface area contributed by atoms with Crippen LogP contribution < -0.4 is 27.4 Å². The van der Waals surface area contributed by atoms with Gasteiger partial charge in [-0.15, -0.1) is 0 Å². The van der Waals surface area contributed by atoms with Crippen LogP contribution >= 0.6 is 0 Å². The molecule has 0 bridgehead atoms. The fourth-order valence-corrected chi connectivity index (χ4v) is 4.12. The molecule has 1 aliphatic carbocycles. The molecule has 2 fully saturated rings. The highest BCUT2D eigenvalue weighted by molar-refractivity contribution is 5.93. The number of nitrogens with two attached hydrogens (primary N) is 2. The van der Waals surface area contributed by atoms with Crippen LogP contribution in [0.2, 0.25) is 0 Å². The van der Waals surface area contributed by atoms with E-state index in [0.29, 0.717) is 24.7 Å². The molecular weight excluding hydrogens is 402 g/mol. The molecule has 0 spiro atoms. The van der Waals surface area contributed by atoms with Gasteiger partial charge in [-0.05, 0) is 36.9 Å². The average molecular weight is 440 g/mol. The Bertz CT molecular complexity index is 625. The molecule has 31 heavy (non-hydrogen) atoms. The number of amidine groups is 1. The van der Waals surface area contributed by atoms with Crippen LogP contribution in [0.1, 0.15) is 57.8 Å². The highest BCUT2D eigenvalue weighted by atomic mass is 16.6. The minimum Gasteiger partial charge on any atom is -0.480 e. The fraction of sp³-hybridized carbons (Fsp3) is 0.800. The lowest BCUT2D eigenvalue weighted by molar-refractivity contribution is -0.138. The predicted octanol–water partition coefficient (Wildman–Crippen LogP) is -0.139. The molecule has 2 aliphatic rings. The first kappa shape index (κ1) is 24.7. The van der Waals surface area contributed by atoms with Crippen molar-refractivity contribution < 1.29 is 19.5 Å². The van der Waals surface area contributed by atoms with Gasteiger partial charge in [0.2, 0.25) is 11.9 Å². The summed E-state index contributed by atoms with van der Waals surface area (Å²) in [6.45, 7) is 1.01. The normalized spacial score (nSPS) is 21.0. The maximum Gasteiger partial charge on any atom is 0.322 e. The number of amides is 1. The van der Waals surface area contributed by atoms with Crippen LogP contribution in [0, 0.1) is 5.92 Å². The molecule has 11 heteroatoms. The van der Waals surface area contributed by atoms with Crippen LogP contribution in [0.3, 0.4) is 0 Å². The summed E-state index contributed by atoms with van der Waals surface area (Å²) in [6, 6.07) is -0.526. The first-order chi connectivity index (χ1) is 15.0. The zero-order valence-electron chi connectivity index (χ0n) is 18.1. The number of carbonyl (C=O) groups is 2. The van der Waals surface area contributed by atoms with Gasteiger partial charge in [0.15, 0.2) is 0 Å². The highest BCUT2D eigenvalue weighted by Crippen LogP contribution is 2.27. The van der Waals surface area contributed by atoms with Crippen LogP contribution in [0.5, 0.6) is 0 Å². The molecule has 176 valence electrons. The number of nitrogens with zero attached hydrogens (tertiary/aromatic N) is 2. The van der Waals surface area contributed by atoms with Gasteiger partial charge >= 0.3 is 5.97 Å². The van der Waals surface area contributed by atoms with Crippen molar-refractivity contribution in [2.24, 2.45) is 27.5 Å². The number of carboxylic acid groups (broad SMARTS) is 1. The molecule has 1 heterocycles. The lowest BCUT2D eigenvalue weighted by Gasteiger charge is -2.31. The van der Waals surface area contributed by atoms with Gasteiger partial charge in [-0.25, -0.2) is 0 Å². The Morgan fingerprint density at radius 2 is 1.87 bits per heavy atom. The summed E-state index contributed by atoms with van der Waals surface area (Å²) < 4.78 is 0. The third kappa shape index (κ3) is 9.86. The Kier molecular flexibility index (Phi) is 10.9. The number of guanidine groups is 1. The number of aliphatic imine (C=N–C) groups is 1. The van der Waals surface area contributed by atoms with Gasteiger partial charge < -0.3 is 37.4 Å². The van der Waals surface area contributed by atoms with E-state index < -0.39 is 18.6 Å². The second kappa shape index (κ2) is 13.7. The number of hydrogen-bond acceptors (Lipinski definition) is 6. The van der Waals surface area contributed by atoms with Gasteiger partial charge in [0.25, 0.3) is 0 Å². The van der Waals surface area contributed by atoms with E-state index in [4.69, 9.17) is 21.4 Å². The SMILES string of the molecule is NC(N)=NOCCN=C(N[C@H](CC1CCCCC1)C(=O)NCC(=O)O)[C@@H]1CCCCN1. The van der Waals surface area contributed by atoms with Crippen molar-refractivity contribution >= 4 is 23.7 Å².